The van der Waals surface area contributed by atoms with Crippen LogP contribution in [0.4, 0.5) is 0 Å². The molecule has 0 radical (unpaired) electrons. The largest absolute Gasteiger partial charge is 0.497 e. The molecule has 0 heterocycles. The van der Waals surface area contributed by atoms with E-state index in [2.05, 4.69) is 5.32 Å². The molecule has 2 rings (SSSR count). The van der Waals surface area contributed by atoms with E-state index in [-0.39, 0.29) is 11.6 Å². The van der Waals surface area contributed by atoms with Crippen molar-refractivity contribution in [3.8, 4) is 11.5 Å². The maximum Gasteiger partial charge on any atom is 0.344 e. The highest BCUT2D eigenvalue weighted by Crippen LogP contribution is 2.27. The number of hydrogen-bond donors (Lipinski definition) is 1. The van der Waals surface area contributed by atoms with Crippen LogP contribution in [0.25, 0.3) is 0 Å². The van der Waals surface area contributed by atoms with Crippen LogP contribution in [-0.4, -0.2) is 32.2 Å². The Balaban J connectivity index is 1.68. The van der Waals surface area contributed by atoms with Crippen molar-refractivity contribution in [3.63, 3.8) is 0 Å². The van der Waals surface area contributed by atoms with Gasteiger partial charge >= 0.3 is 5.97 Å². The molecular formula is C18H17Cl2NO5. The topological polar surface area (TPSA) is 73.9 Å². The van der Waals surface area contributed by atoms with Gasteiger partial charge in [-0.25, -0.2) is 4.79 Å². The zero-order chi connectivity index (χ0) is 18.9. The van der Waals surface area contributed by atoms with Crippen LogP contribution in [0.5, 0.6) is 11.5 Å². The third-order valence-corrected chi connectivity index (χ3v) is 3.78. The molecule has 138 valence electrons. The predicted octanol–water partition coefficient (Wildman–Crippen LogP) is 3.24. The fourth-order valence-electron chi connectivity index (χ4n) is 1.91. The van der Waals surface area contributed by atoms with Crippen LogP contribution in [0.2, 0.25) is 10.0 Å². The van der Waals surface area contributed by atoms with Crippen LogP contribution in [0.1, 0.15) is 5.56 Å². The van der Waals surface area contributed by atoms with Crippen molar-refractivity contribution in [2.75, 3.05) is 20.3 Å². The number of hydrogen-bond acceptors (Lipinski definition) is 5. The Hall–Kier alpha value is -2.44. The van der Waals surface area contributed by atoms with Crippen molar-refractivity contribution >= 4 is 35.1 Å². The van der Waals surface area contributed by atoms with Gasteiger partial charge in [0.05, 0.1) is 12.1 Å². The van der Waals surface area contributed by atoms with Gasteiger partial charge in [-0.3, -0.25) is 4.79 Å². The fraction of sp³-hybridized carbons (Fsp3) is 0.222. The first-order chi connectivity index (χ1) is 12.5. The van der Waals surface area contributed by atoms with Gasteiger partial charge in [-0.05, 0) is 35.9 Å². The minimum atomic E-state index is -0.685. The van der Waals surface area contributed by atoms with Crippen LogP contribution < -0.4 is 14.8 Å². The molecule has 1 N–H and O–H groups in total. The van der Waals surface area contributed by atoms with E-state index in [1.165, 1.54) is 6.07 Å². The third-order valence-electron chi connectivity index (χ3n) is 3.25. The molecule has 0 aliphatic carbocycles. The summed E-state index contributed by atoms with van der Waals surface area (Å²) in [6.07, 6.45) is 0. The van der Waals surface area contributed by atoms with E-state index in [1.54, 1.807) is 31.4 Å². The minimum Gasteiger partial charge on any atom is -0.497 e. The van der Waals surface area contributed by atoms with E-state index < -0.39 is 18.5 Å². The molecule has 0 fully saturated rings. The van der Waals surface area contributed by atoms with E-state index in [0.717, 1.165) is 11.3 Å². The normalized spacial score (nSPS) is 10.1. The highest BCUT2D eigenvalue weighted by molar-refractivity contribution is 6.35. The number of rotatable bonds is 8. The summed E-state index contributed by atoms with van der Waals surface area (Å²) in [4.78, 5) is 23.4. The summed E-state index contributed by atoms with van der Waals surface area (Å²) in [5, 5.41) is 3.38. The smallest absolute Gasteiger partial charge is 0.344 e. The maximum atomic E-state index is 11.7. The lowest BCUT2D eigenvalue weighted by atomic mass is 10.2. The molecule has 0 atom stereocenters. The molecule has 1 amide bonds. The Morgan fingerprint density at radius 1 is 1.04 bits per heavy atom. The van der Waals surface area contributed by atoms with E-state index in [0.29, 0.717) is 17.3 Å². The number of methoxy groups -OCH3 is 1. The minimum absolute atomic E-state index is 0.280. The Bertz CT molecular complexity index is 765. The summed E-state index contributed by atoms with van der Waals surface area (Å²) < 4.78 is 15.1. The van der Waals surface area contributed by atoms with Gasteiger partial charge in [0, 0.05) is 11.6 Å². The Morgan fingerprint density at radius 3 is 2.42 bits per heavy atom. The molecule has 0 aromatic heterocycles. The zero-order valence-corrected chi connectivity index (χ0v) is 15.5. The molecule has 6 nitrogen and oxygen atoms in total. The average Bonchev–Trinajstić information content (AvgIpc) is 2.64. The van der Waals surface area contributed by atoms with E-state index in [1.807, 2.05) is 12.1 Å². The second-order valence-electron chi connectivity index (χ2n) is 5.15. The number of carbonyl (C=O) groups is 2. The van der Waals surface area contributed by atoms with Crippen LogP contribution in [0, 0.1) is 0 Å². The number of carbonyl (C=O) groups excluding carboxylic acids is 2. The van der Waals surface area contributed by atoms with Gasteiger partial charge in [-0.15, -0.1) is 0 Å². The second kappa shape index (κ2) is 9.89. The van der Waals surface area contributed by atoms with E-state index in [9.17, 15) is 9.59 Å². The Kier molecular flexibility index (Phi) is 7.56. The first-order valence-electron chi connectivity index (χ1n) is 7.61. The van der Waals surface area contributed by atoms with E-state index in [4.69, 9.17) is 37.4 Å². The standard InChI is InChI=1S/C18H17Cl2NO5/c1-24-14-5-2-12(3-6-14)9-21-17(22)10-26-18(23)11-25-16-7-4-13(19)8-15(16)20/h2-8H,9-11H2,1H3,(H,21,22). The van der Waals surface area contributed by atoms with E-state index >= 15 is 0 Å². The quantitative estimate of drug-likeness (QED) is 0.692. The van der Waals surface area contributed by atoms with Crippen molar-refractivity contribution in [1.82, 2.24) is 5.32 Å². The lowest BCUT2D eigenvalue weighted by Crippen LogP contribution is -2.29. The van der Waals surface area contributed by atoms with Crippen LogP contribution in [0.15, 0.2) is 42.5 Å². The summed E-state index contributed by atoms with van der Waals surface area (Å²) in [5.74, 6) is -0.0684. The number of nitrogens with one attached hydrogen (secondary N) is 1. The number of halogens is 2. The molecule has 0 aliphatic heterocycles. The summed E-state index contributed by atoms with van der Waals surface area (Å²) in [7, 11) is 1.58. The number of benzene rings is 2. The first kappa shape index (κ1) is 19.9. The molecule has 26 heavy (non-hydrogen) atoms. The molecule has 0 aliphatic rings. The lowest BCUT2D eigenvalue weighted by molar-refractivity contribution is -0.150. The van der Waals surface area contributed by atoms with Gasteiger partial charge in [0.25, 0.3) is 5.91 Å². The molecule has 2 aromatic rings. The van der Waals surface area contributed by atoms with Gasteiger partial charge < -0.3 is 19.5 Å². The second-order valence-corrected chi connectivity index (χ2v) is 5.99. The zero-order valence-electron chi connectivity index (χ0n) is 14.0. The van der Waals surface area contributed by atoms with Gasteiger partial charge in [0.2, 0.25) is 0 Å². The van der Waals surface area contributed by atoms with Crippen LogP contribution in [-0.2, 0) is 20.9 Å². The van der Waals surface area contributed by atoms with Crippen LogP contribution in [0.3, 0.4) is 0 Å². The Labute approximate surface area is 160 Å². The summed E-state index contributed by atoms with van der Waals surface area (Å²) >= 11 is 11.7. The number of esters is 1. The fourth-order valence-corrected chi connectivity index (χ4v) is 2.37. The van der Waals surface area contributed by atoms with Crippen molar-refractivity contribution in [3.05, 3.63) is 58.1 Å². The Morgan fingerprint density at radius 2 is 1.77 bits per heavy atom. The summed E-state index contributed by atoms with van der Waals surface area (Å²) in [6.45, 7) is -0.447. The molecule has 0 unspecified atom stereocenters. The summed E-state index contributed by atoms with van der Waals surface area (Å²) in [6, 6.07) is 11.9. The molecule has 0 saturated heterocycles. The van der Waals surface area contributed by atoms with Gasteiger partial charge in [-0.2, -0.15) is 0 Å². The molecule has 0 bridgehead atoms. The van der Waals surface area contributed by atoms with Crippen LogP contribution >= 0.6 is 23.2 Å². The SMILES string of the molecule is COc1ccc(CNC(=O)COC(=O)COc2ccc(Cl)cc2Cl)cc1. The van der Waals surface area contributed by atoms with Crippen molar-refractivity contribution < 1.29 is 23.8 Å². The molecular weight excluding hydrogens is 381 g/mol. The van der Waals surface area contributed by atoms with Gasteiger partial charge in [0.15, 0.2) is 13.2 Å². The van der Waals surface area contributed by atoms with Gasteiger partial charge in [0.1, 0.15) is 11.5 Å². The highest BCUT2D eigenvalue weighted by atomic mass is 35.5. The number of ether oxygens (including phenoxy) is 3. The highest BCUT2D eigenvalue weighted by Gasteiger charge is 2.10. The van der Waals surface area contributed by atoms with Crippen molar-refractivity contribution in [2.24, 2.45) is 0 Å². The molecule has 8 heteroatoms. The predicted molar refractivity (Wildman–Crippen MR) is 97.8 cm³/mol. The van der Waals surface area contributed by atoms with Crippen molar-refractivity contribution in [1.29, 1.82) is 0 Å². The average molecular weight is 398 g/mol. The first-order valence-corrected chi connectivity index (χ1v) is 8.36. The number of amides is 1. The molecule has 2 aromatic carbocycles. The summed E-state index contributed by atoms with van der Waals surface area (Å²) in [5.41, 5.74) is 0.895. The molecule has 0 saturated carbocycles. The molecule has 0 spiro atoms. The van der Waals surface area contributed by atoms with Gasteiger partial charge in [-0.1, -0.05) is 35.3 Å². The van der Waals surface area contributed by atoms with Crippen molar-refractivity contribution in [2.45, 2.75) is 6.54 Å². The monoisotopic (exact) mass is 397 g/mol. The lowest BCUT2D eigenvalue weighted by Gasteiger charge is -2.09. The maximum absolute atomic E-state index is 11.7. The third kappa shape index (κ3) is 6.46.